The summed E-state index contributed by atoms with van der Waals surface area (Å²) in [6.07, 6.45) is 2.51. The highest BCUT2D eigenvalue weighted by Crippen LogP contribution is 2.34. The van der Waals surface area contributed by atoms with Crippen molar-refractivity contribution < 1.29 is 28.6 Å². The number of imidazole rings is 1. The van der Waals surface area contributed by atoms with Crippen LogP contribution in [0.15, 0.2) is 73.1 Å². The number of carboxylic acid groups (broad SMARTS) is 1. The lowest BCUT2D eigenvalue weighted by Gasteiger charge is -2.37. The van der Waals surface area contributed by atoms with Gasteiger partial charge in [0.05, 0.1) is 35.7 Å². The number of carbonyl (C=O) groups excluding carboxylic acids is 1. The van der Waals surface area contributed by atoms with Crippen molar-refractivity contribution in [2.24, 2.45) is 0 Å². The number of hydrogen-bond acceptors (Lipinski definition) is 6. The molecule has 2 aromatic heterocycles. The minimum atomic E-state index is -1.09. The van der Waals surface area contributed by atoms with Gasteiger partial charge in [-0.15, -0.1) is 0 Å². The summed E-state index contributed by atoms with van der Waals surface area (Å²) in [4.78, 5) is 35.8. The fraction of sp³-hybridized carbons (Fsp3) is 0.185. The Morgan fingerprint density at radius 2 is 1.76 bits per heavy atom. The lowest BCUT2D eigenvalue weighted by molar-refractivity contribution is -0.215. The maximum Gasteiger partial charge on any atom is 0.335 e. The van der Waals surface area contributed by atoms with Crippen LogP contribution in [0.2, 0.25) is 0 Å². The number of ether oxygens (including phenoxy) is 2. The molecule has 1 saturated heterocycles. The molecule has 38 heavy (non-hydrogen) atoms. The van der Waals surface area contributed by atoms with Crippen molar-refractivity contribution in [1.82, 2.24) is 20.3 Å². The van der Waals surface area contributed by atoms with Crippen LogP contribution >= 0.6 is 0 Å². The van der Waals surface area contributed by atoms with E-state index in [9.17, 15) is 14.0 Å². The molecule has 1 aliphatic heterocycles. The average Bonchev–Trinajstić information content (AvgIpc) is 3.35. The van der Waals surface area contributed by atoms with E-state index in [1.54, 1.807) is 43.6 Å². The number of aromatic amines is 1. The Bertz CT molecular complexity index is 1450. The number of H-pyrrole nitrogens is 1. The molecule has 2 amide bonds. The fourth-order valence-corrected chi connectivity index (χ4v) is 4.05. The number of urea groups is 1. The monoisotopic (exact) mass is 517 g/mol. The quantitative estimate of drug-likeness (QED) is 0.293. The van der Waals surface area contributed by atoms with E-state index in [2.05, 4.69) is 20.6 Å². The number of hydrogen-bond donors (Lipinski definition) is 4. The third-order valence-corrected chi connectivity index (χ3v) is 5.92. The molecular formula is C27H24FN5O5. The molecule has 4 aromatic rings. The Morgan fingerprint density at radius 3 is 2.45 bits per heavy atom. The van der Waals surface area contributed by atoms with Crippen LogP contribution < -0.4 is 10.6 Å². The normalized spacial score (nSPS) is 19.1. The molecule has 0 atom stereocenters. The Labute approximate surface area is 216 Å². The number of aromatic carboxylic acids is 1. The zero-order chi connectivity index (χ0) is 26.7. The summed E-state index contributed by atoms with van der Waals surface area (Å²) in [6, 6.07) is 15.1. The second-order valence-corrected chi connectivity index (χ2v) is 9.07. The Hall–Kier alpha value is -4.61. The molecule has 2 aromatic carbocycles. The molecule has 0 bridgehead atoms. The van der Waals surface area contributed by atoms with Gasteiger partial charge in [-0.2, -0.15) is 0 Å². The summed E-state index contributed by atoms with van der Waals surface area (Å²) in [5.41, 5.74) is 2.41. The number of aromatic nitrogens is 3. The number of amides is 2. The molecule has 0 aliphatic carbocycles. The lowest BCUT2D eigenvalue weighted by atomic mass is 10.0. The van der Waals surface area contributed by atoms with Crippen LogP contribution in [-0.4, -0.2) is 50.8 Å². The molecule has 0 unspecified atom stereocenters. The predicted molar refractivity (Wildman–Crippen MR) is 136 cm³/mol. The van der Waals surface area contributed by atoms with E-state index >= 15 is 0 Å². The van der Waals surface area contributed by atoms with Crippen molar-refractivity contribution in [1.29, 1.82) is 0 Å². The molecule has 5 rings (SSSR count). The van der Waals surface area contributed by atoms with Crippen LogP contribution in [0, 0.1) is 5.82 Å². The fourth-order valence-electron chi connectivity index (χ4n) is 4.05. The summed E-state index contributed by atoms with van der Waals surface area (Å²) in [6.45, 7) is 2.01. The number of pyridine rings is 1. The van der Waals surface area contributed by atoms with Crippen molar-refractivity contribution >= 4 is 17.7 Å². The molecule has 10 nitrogen and oxygen atoms in total. The van der Waals surface area contributed by atoms with Gasteiger partial charge < -0.3 is 30.2 Å². The highest BCUT2D eigenvalue weighted by atomic mass is 19.1. The number of carbonyl (C=O) groups is 2. The van der Waals surface area contributed by atoms with Gasteiger partial charge in [-0.25, -0.2) is 19.0 Å². The van der Waals surface area contributed by atoms with Crippen LogP contribution in [0.5, 0.6) is 0 Å². The van der Waals surface area contributed by atoms with E-state index < -0.39 is 23.8 Å². The van der Waals surface area contributed by atoms with E-state index in [4.69, 9.17) is 19.6 Å². The third-order valence-electron chi connectivity index (χ3n) is 5.92. The first-order valence-corrected chi connectivity index (χ1v) is 11.7. The minimum Gasteiger partial charge on any atom is -0.478 e. The summed E-state index contributed by atoms with van der Waals surface area (Å²) in [7, 11) is 0. The summed E-state index contributed by atoms with van der Waals surface area (Å²) in [5.74, 6) is -1.01. The Balaban J connectivity index is 1.29. The first-order chi connectivity index (χ1) is 18.3. The standard InChI is InChI=1S/C27H24FN5O5/c1-27(33-26(36)30-20-4-2-3-18(13-20)24(34)35)14-37-25(38-15-27)23-31-21(16-5-7-19(28)8-6-16)22(32-23)17-9-11-29-12-10-17/h2-13,25H,14-15H2,1H3,(H,31,32)(H,34,35)(H2,30,33,36). The summed E-state index contributed by atoms with van der Waals surface area (Å²) < 4.78 is 25.4. The summed E-state index contributed by atoms with van der Waals surface area (Å²) >= 11 is 0. The predicted octanol–water partition coefficient (Wildman–Crippen LogP) is 4.60. The first-order valence-electron chi connectivity index (χ1n) is 11.7. The van der Waals surface area contributed by atoms with Gasteiger partial charge in [0.1, 0.15) is 5.82 Å². The van der Waals surface area contributed by atoms with E-state index in [1.165, 1.54) is 24.3 Å². The van der Waals surface area contributed by atoms with Crippen molar-refractivity contribution in [3.05, 3.63) is 90.3 Å². The number of halogens is 1. The Kier molecular flexibility index (Phi) is 6.86. The van der Waals surface area contributed by atoms with Gasteiger partial charge in [-0.3, -0.25) is 4.98 Å². The highest BCUT2D eigenvalue weighted by Gasteiger charge is 2.36. The van der Waals surface area contributed by atoms with Gasteiger partial charge in [0, 0.05) is 29.2 Å². The molecule has 0 saturated carbocycles. The minimum absolute atomic E-state index is 0.0609. The topological polar surface area (TPSA) is 138 Å². The van der Waals surface area contributed by atoms with Gasteiger partial charge in [0.25, 0.3) is 0 Å². The van der Waals surface area contributed by atoms with Crippen molar-refractivity contribution in [3.8, 4) is 22.5 Å². The van der Waals surface area contributed by atoms with Crippen LogP contribution in [-0.2, 0) is 9.47 Å². The van der Waals surface area contributed by atoms with Crippen LogP contribution in [0.25, 0.3) is 22.5 Å². The maximum atomic E-state index is 13.5. The SMILES string of the molecule is CC1(NC(=O)Nc2cccc(C(=O)O)c2)COC(c2nc(-c3ccc(F)cc3)c(-c3ccncc3)[nH]2)OC1. The van der Waals surface area contributed by atoms with Gasteiger partial charge >= 0.3 is 12.0 Å². The first kappa shape index (κ1) is 25.1. The van der Waals surface area contributed by atoms with E-state index in [0.29, 0.717) is 28.5 Å². The van der Waals surface area contributed by atoms with Crippen LogP contribution in [0.4, 0.5) is 14.9 Å². The molecule has 0 spiro atoms. The van der Waals surface area contributed by atoms with E-state index in [-0.39, 0.29) is 24.6 Å². The number of nitrogens with one attached hydrogen (secondary N) is 3. The largest absolute Gasteiger partial charge is 0.478 e. The molecule has 1 aliphatic rings. The van der Waals surface area contributed by atoms with Crippen LogP contribution in [0.3, 0.4) is 0 Å². The number of benzene rings is 2. The number of carboxylic acids is 1. The van der Waals surface area contributed by atoms with E-state index in [1.807, 2.05) is 12.1 Å². The van der Waals surface area contributed by atoms with Crippen molar-refractivity contribution in [3.63, 3.8) is 0 Å². The average molecular weight is 518 g/mol. The van der Waals surface area contributed by atoms with Gasteiger partial charge in [-0.05, 0) is 61.5 Å². The van der Waals surface area contributed by atoms with Crippen LogP contribution in [0.1, 0.15) is 29.4 Å². The van der Waals surface area contributed by atoms with Crippen molar-refractivity contribution in [2.45, 2.75) is 18.8 Å². The Morgan fingerprint density at radius 1 is 1.05 bits per heavy atom. The zero-order valence-corrected chi connectivity index (χ0v) is 20.3. The smallest absolute Gasteiger partial charge is 0.335 e. The molecule has 11 heteroatoms. The second kappa shape index (κ2) is 10.4. The van der Waals surface area contributed by atoms with Crippen molar-refractivity contribution in [2.75, 3.05) is 18.5 Å². The lowest BCUT2D eigenvalue weighted by Crippen LogP contribution is -2.56. The number of nitrogens with zero attached hydrogens (tertiary/aromatic N) is 2. The summed E-state index contributed by atoms with van der Waals surface area (Å²) in [5, 5.41) is 14.6. The van der Waals surface area contributed by atoms with Gasteiger partial charge in [0.2, 0.25) is 6.29 Å². The van der Waals surface area contributed by atoms with E-state index in [0.717, 1.165) is 5.56 Å². The zero-order valence-electron chi connectivity index (χ0n) is 20.3. The maximum absolute atomic E-state index is 13.5. The number of rotatable bonds is 6. The molecular weight excluding hydrogens is 493 g/mol. The van der Waals surface area contributed by atoms with Gasteiger partial charge in [-0.1, -0.05) is 6.07 Å². The van der Waals surface area contributed by atoms with Gasteiger partial charge in [0.15, 0.2) is 5.82 Å². The molecule has 4 N–H and O–H groups in total. The molecule has 1 fully saturated rings. The number of anilines is 1. The second-order valence-electron chi connectivity index (χ2n) is 9.07. The molecule has 194 valence electrons. The molecule has 0 radical (unpaired) electrons. The third kappa shape index (κ3) is 5.53. The molecule has 3 heterocycles. The highest BCUT2D eigenvalue weighted by molar-refractivity contribution is 5.93.